The summed E-state index contributed by atoms with van der Waals surface area (Å²) in [6.07, 6.45) is 3.33. The Morgan fingerprint density at radius 2 is 2.08 bits per heavy atom. The van der Waals surface area contributed by atoms with Crippen molar-refractivity contribution in [3.63, 3.8) is 0 Å². The smallest absolute Gasteiger partial charge is 0.336 e. The number of imidazole rings is 1. The number of rotatable bonds is 4. The van der Waals surface area contributed by atoms with Gasteiger partial charge in [0.2, 0.25) is 0 Å². The molecule has 0 atom stereocenters. The summed E-state index contributed by atoms with van der Waals surface area (Å²) in [5.41, 5.74) is 2.12. The van der Waals surface area contributed by atoms with E-state index in [1.54, 1.807) is 6.07 Å². The van der Waals surface area contributed by atoms with Gasteiger partial charge in [-0.1, -0.05) is 13.8 Å². The van der Waals surface area contributed by atoms with Crippen molar-refractivity contribution in [3.05, 3.63) is 46.2 Å². The summed E-state index contributed by atoms with van der Waals surface area (Å²) in [6.45, 7) is 5.72. The molecule has 24 heavy (non-hydrogen) atoms. The summed E-state index contributed by atoms with van der Waals surface area (Å²) >= 11 is 0. The standard InChI is InChI=1S/C15H14N2O5.C2H6/c1-8-4-11(22-20)14(10-6-16-7-17-10)15-13(8)9(2-3-18)5-12(19)21-15;1-2/h4-7,18,20H,2-3H2,1H3,(H,16,17);1-2H3. The minimum Gasteiger partial charge on any atom is -0.422 e. The summed E-state index contributed by atoms with van der Waals surface area (Å²) < 4.78 is 5.35. The summed E-state index contributed by atoms with van der Waals surface area (Å²) in [4.78, 5) is 23.1. The lowest BCUT2D eigenvalue weighted by Gasteiger charge is -2.13. The largest absolute Gasteiger partial charge is 0.422 e. The number of nitrogens with one attached hydrogen (secondary N) is 1. The molecule has 0 unspecified atom stereocenters. The molecule has 2 heterocycles. The van der Waals surface area contributed by atoms with Crippen LogP contribution in [0.5, 0.6) is 5.75 Å². The van der Waals surface area contributed by atoms with Crippen molar-refractivity contribution in [2.75, 3.05) is 6.61 Å². The first kappa shape index (κ1) is 17.7. The average Bonchev–Trinajstić information content (AvgIpc) is 3.10. The first-order valence-corrected chi connectivity index (χ1v) is 7.67. The zero-order chi connectivity index (χ0) is 17.7. The van der Waals surface area contributed by atoms with Crippen molar-refractivity contribution in [2.45, 2.75) is 27.2 Å². The van der Waals surface area contributed by atoms with Crippen LogP contribution in [0.3, 0.4) is 0 Å². The van der Waals surface area contributed by atoms with Gasteiger partial charge in [-0.05, 0) is 30.5 Å². The van der Waals surface area contributed by atoms with E-state index < -0.39 is 5.63 Å². The van der Waals surface area contributed by atoms with Gasteiger partial charge < -0.3 is 19.4 Å². The maximum atomic E-state index is 11.8. The number of aromatic nitrogens is 2. The summed E-state index contributed by atoms with van der Waals surface area (Å²) in [5.74, 6) is 0.151. The SMILES string of the molecule is CC.Cc1cc(OO)c(-c2cnc[nH]2)c2oc(=O)cc(CCO)c12. The number of aliphatic hydroxyl groups excluding tert-OH is 1. The highest BCUT2D eigenvalue weighted by atomic mass is 17.1. The van der Waals surface area contributed by atoms with Gasteiger partial charge in [-0.15, -0.1) is 0 Å². The lowest BCUT2D eigenvalue weighted by atomic mass is 9.98. The van der Waals surface area contributed by atoms with Crippen LogP contribution in [0.1, 0.15) is 25.0 Å². The van der Waals surface area contributed by atoms with Crippen molar-refractivity contribution in [2.24, 2.45) is 0 Å². The fraction of sp³-hybridized carbons (Fsp3) is 0.294. The molecule has 3 aromatic rings. The van der Waals surface area contributed by atoms with Gasteiger partial charge >= 0.3 is 5.63 Å². The number of aromatic amines is 1. The maximum Gasteiger partial charge on any atom is 0.336 e. The molecule has 0 spiro atoms. The van der Waals surface area contributed by atoms with E-state index in [0.717, 1.165) is 5.56 Å². The van der Waals surface area contributed by atoms with Gasteiger partial charge in [0.15, 0.2) is 11.3 Å². The van der Waals surface area contributed by atoms with E-state index in [9.17, 15) is 9.90 Å². The second-order valence-electron chi connectivity index (χ2n) is 4.89. The molecule has 0 aliphatic carbocycles. The molecule has 0 fully saturated rings. The van der Waals surface area contributed by atoms with Crippen LogP contribution in [0.25, 0.3) is 22.2 Å². The first-order chi connectivity index (χ1) is 11.7. The zero-order valence-electron chi connectivity index (χ0n) is 13.8. The Bertz CT molecular complexity index is 869. The molecule has 0 saturated carbocycles. The molecule has 7 nitrogen and oxygen atoms in total. The van der Waals surface area contributed by atoms with Crippen LogP contribution in [0, 0.1) is 6.92 Å². The third kappa shape index (κ3) is 3.17. The van der Waals surface area contributed by atoms with E-state index in [1.807, 2.05) is 20.8 Å². The molecule has 3 rings (SSSR count). The Balaban J connectivity index is 0.00000100. The third-order valence-electron chi connectivity index (χ3n) is 3.51. The van der Waals surface area contributed by atoms with Crippen molar-refractivity contribution >= 4 is 11.0 Å². The molecule has 0 saturated heterocycles. The molecular weight excluding hydrogens is 312 g/mol. The van der Waals surface area contributed by atoms with Crippen LogP contribution in [-0.4, -0.2) is 26.9 Å². The van der Waals surface area contributed by atoms with Gasteiger partial charge in [-0.25, -0.2) is 15.0 Å². The minimum absolute atomic E-state index is 0.0877. The Hall–Kier alpha value is -2.64. The number of fused-ring (bicyclic) bond motifs is 1. The van der Waals surface area contributed by atoms with Crippen LogP contribution >= 0.6 is 0 Å². The quantitative estimate of drug-likeness (QED) is 0.385. The van der Waals surface area contributed by atoms with Gasteiger partial charge in [0.05, 0.1) is 23.8 Å². The van der Waals surface area contributed by atoms with Crippen LogP contribution in [0.2, 0.25) is 0 Å². The van der Waals surface area contributed by atoms with Crippen molar-refractivity contribution in [1.82, 2.24) is 9.97 Å². The number of benzene rings is 1. The monoisotopic (exact) mass is 332 g/mol. The summed E-state index contributed by atoms with van der Waals surface area (Å²) in [7, 11) is 0. The Labute approximate surface area is 138 Å². The minimum atomic E-state index is -0.536. The fourth-order valence-corrected chi connectivity index (χ4v) is 2.64. The molecule has 7 heteroatoms. The molecule has 0 aliphatic rings. The molecule has 1 aromatic carbocycles. The van der Waals surface area contributed by atoms with Gasteiger partial charge in [-0.3, -0.25) is 0 Å². The highest BCUT2D eigenvalue weighted by molar-refractivity contribution is 5.98. The molecule has 128 valence electrons. The molecule has 3 N–H and O–H groups in total. The second-order valence-corrected chi connectivity index (χ2v) is 4.89. The van der Waals surface area contributed by atoms with Crippen molar-refractivity contribution in [1.29, 1.82) is 0 Å². The number of H-pyrrole nitrogens is 1. The fourth-order valence-electron chi connectivity index (χ4n) is 2.64. The van der Waals surface area contributed by atoms with Crippen molar-refractivity contribution < 1.29 is 19.7 Å². The predicted molar refractivity (Wildman–Crippen MR) is 90.2 cm³/mol. The lowest BCUT2D eigenvalue weighted by Crippen LogP contribution is -2.05. The van der Waals surface area contributed by atoms with Gasteiger partial charge in [-0.2, -0.15) is 0 Å². The molecule has 0 bridgehead atoms. The van der Waals surface area contributed by atoms with E-state index >= 15 is 0 Å². The van der Waals surface area contributed by atoms with Gasteiger partial charge in [0, 0.05) is 18.1 Å². The third-order valence-corrected chi connectivity index (χ3v) is 3.51. The van der Waals surface area contributed by atoms with E-state index in [1.165, 1.54) is 18.6 Å². The molecule has 0 amide bonds. The van der Waals surface area contributed by atoms with E-state index in [2.05, 4.69) is 14.9 Å². The Morgan fingerprint density at radius 1 is 1.33 bits per heavy atom. The number of hydrogen-bond donors (Lipinski definition) is 3. The molecule has 2 aromatic heterocycles. The number of aliphatic hydroxyl groups is 1. The first-order valence-electron chi connectivity index (χ1n) is 7.67. The second kappa shape index (κ2) is 7.76. The Morgan fingerprint density at radius 3 is 2.67 bits per heavy atom. The van der Waals surface area contributed by atoms with E-state index in [-0.39, 0.29) is 17.9 Å². The normalized spacial score (nSPS) is 10.4. The molecular formula is C17H20N2O5. The number of aryl methyl sites for hydroxylation is 1. The topological polar surface area (TPSA) is 109 Å². The van der Waals surface area contributed by atoms with Crippen molar-refractivity contribution in [3.8, 4) is 17.0 Å². The van der Waals surface area contributed by atoms with Crippen LogP contribution in [0.15, 0.2) is 33.9 Å². The highest BCUT2D eigenvalue weighted by Gasteiger charge is 2.20. The summed E-state index contributed by atoms with van der Waals surface area (Å²) in [6, 6.07) is 3.00. The predicted octanol–water partition coefficient (Wildman–Crippen LogP) is 2.90. The number of hydrogen-bond acceptors (Lipinski definition) is 6. The van der Waals surface area contributed by atoms with Crippen LogP contribution in [0.4, 0.5) is 0 Å². The van der Waals surface area contributed by atoms with E-state index in [4.69, 9.17) is 9.67 Å². The number of nitrogens with zero attached hydrogens (tertiary/aromatic N) is 1. The lowest BCUT2D eigenvalue weighted by molar-refractivity contribution is -0.137. The average molecular weight is 332 g/mol. The highest BCUT2D eigenvalue weighted by Crippen LogP contribution is 2.38. The van der Waals surface area contributed by atoms with E-state index in [0.29, 0.717) is 28.6 Å². The maximum absolute atomic E-state index is 11.8. The van der Waals surface area contributed by atoms with Gasteiger partial charge in [0.1, 0.15) is 0 Å². The van der Waals surface area contributed by atoms with Crippen LogP contribution in [-0.2, 0) is 6.42 Å². The van der Waals surface area contributed by atoms with Gasteiger partial charge in [0.25, 0.3) is 0 Å². The van der Waals surface area contributed by atoms with Crippen LogP contribution < -0.4 is 10.5 Å². The Kier molecular flexibility index (Phi) is 5.73. The molecule has 0 radical (unpaired) electrons. The summed E-state index contributed by atoms with van der Waals surface area (Å²) in [5, 5.41) is 19.1. The molecule has 0 aliphatic heterocycles. The zero-order valence-corrected chi connectivity index (χ0v) is 13.8.